The maximum Gasteiger partial charge on any atom is 0.163 e. The zero-order valence-corrected chi connectivity index (χ0v) is 7.40. The normalized spacial score (nSPS) is 25.9. The molecule has 0 radical (unpaired) electrons. The van der Waals surface area contributed by atoms with Crippen molar-refractivity contribution in [2.24, 2.45) is 0 Å². The van der Waals surface area contributed by atoms with Gasteiger partial charge in [0.25, 0.3) is 0 Å². The third kappa shape index (κ3) is 1.71. The molecule has 11 heavy (non-hydrogen) atoms. The first-order chi connectivity index (χ1) is 5.21. The molecule has 0 saturated heterocycles. The minimum absolute atomic E-state index is 0.488. The highest BCUT2D eigenvalue weighted by atomic mass is 32.2. The van der Waals surface area contributed by atoms with Crippen LogP contribution in [0.4, 0.5) is 0 Å². The van der Waals surface area contributed by atoms with Crippen LogP contribution in [-0.4, -0.2) is 13.5 Å². The minimum Gasteiger partial charge on any atom is -0.305 e. The van der Waals surface area contributed by atoms with Gasteiger partial charge < -0.3 is 4.55 Å². The van der Waals surface area contributed by atoms with Crippen molar-refractivity contribution >= 4 is 11.1 Å². The van der Waals surface area contributed by atoms with Crippen LogP contribution >= 0.6 is 0 Å². The summed E-state index contributed by atoms with van der Waals surface area (Å²) >= 11 is -1.73. The lowest BCUT2D eigenvalue weighted by Crippen LogP contribution is -2.33. The highest BCUT2D eigenvalue weighted by Gasteiger charge is 2.34. The number of hydrogen-bond acceptors (Lipinski definition) is 1. The summed E-state index contributed by atoms with van der Waals surface area (Å²) < 4.78 is 19.5. The molecule has 0 spiro atoms. The smallest absolute Gasteiger partial charge is 0.163 e. The Morgan fingerprint density at radius 3 is 2.18 bits per heavy atom. The van der Waals surface area contributed by atoms with Gasteiger partial charge in [0.15, 0.2) is 11.1 Å². The Kier molecular flexibility index (Phi) is 2.84. The summed E-state index contributed by atoms with van der Waals surface area (Å²) in [7, 11) is 0. The lowest BCUT2D eigenvalue weighted by atomic mass is 9.88. The fraction of sp³-hybridized carbons (Fsp3) is 0.750. The average molecular weight is 174 g/mol. The molecule has 1 unspecified atom stereocenters. The first-order valence-electron chi connectivity index (χ1n) is 3.96. The highest BCUT2D eigenvalue weighted by Crippen LogP contribution is 2.33. The fourth-order valence-electron chi connectivity index (χ4n) is 1.60. The Labute approximate surface area is 70.0 Å². The molecule has 0 bridgehead atoms. The van der Waals surface area contributed by atoms with Crippen molar-refractivity contribution in [1.29, 1.82) is 0 Å². The molecular formula is C8H14O2S. The summed E-state index contributed by atoms with van der Waals surface area (Å²) in [5, 5.41) is 0. The van der Waals surface area contributed by atoms with E-state index in [1.807, 2.05) is 0 Å². The molecule has 0 aliphatic heterocycles. The van der Waals surface area contributed by atoms with E-state index in [0.717, 1.165) is 25.7 Å². The van der Waals surface area contributed by atoms with Crippen LogP contribution in [0.25, 0.3) is 0 Å². The first-order valence-corrected chi connectivity index (χ1v) is 5.06. The standard InChI is InChI=1S/C8H14O2S/c1-2-8(11(9)10)6-4-3-5-7-8/h2H,1,3-7H2,(H,9,10). The van der Waals surface area contributed by atoms with Crippen molar-refractivity contribution in [3.8, 4) is 0 Å². The van der Waals surface area contributed by atoms with Crippen molar-refractivity contribution in [1.82, 2.24) is 0 Å². The molecule has 0 heterocycles. The lowest BCUT2D eigenvalue weighted by molar-refractivity contribution is 0.415. The predicted molar refractivity (Wildman–Crippen MR) is 46.8 cm³/mol. The Morgan fingerprint density at radius 1 is 1.36 bits per heavy atom. The van der Waals surface area contributed by atoms with Crippen molar-refractivity contribution in [2.75, 3.05) is 0 Å². The summed E-state index contributed by atoms with van der Waals surface area (Å²) in [5.41, 5.74) is 0. The largest absolute Gasteiger partial charge is 0.305 e. The molecule has 0 amide bonds. The van der Waals surface area contributed by atoms with Crippen LogP contribution in [0.2, 0.25) is 0 Å². The molecule has 1 saturated carbocycles. The summed E-state index contributed by atoms with van der Waals surface area (Å²) in [6.07, 6.45) is 6.59. The Balaban J connectivity index is 2.72. The van der Waals surface area contributed by atoms with Gasteiger partial charge in [-0.1, -0.05) is 25.3 Å². The molecule has 1 aliphatic carbocycles. The molecule has 1 fully saturated rings. The van der Waals surface area contributed by atoms with Crippen LogP contribution in [0.15, 0.2) is 12.7 Å². The van der Waals surface area contributed by atoms with E-state index in [2.05, 4.69) is 6.58 Å². The van der Waals surface area contributed by atoms with Gasteiger partial charge in [0.1, 0.15) is 0 Å². The summed E-state index contributed by atoms with van der Waals surface area (Å²) in [4.78, 5) is 0. The third-order valence-corrected chi connectivity index (χ3v) is 3.69. The van der Waals surface area contributed by atoms with E-state index in [9.17, 15) is 4.21 Å². The summed E-state index contributed by atoms with van der Waals surface area (Å²) in [6.45, 7) is 3.62. The van der Waals surface area contributed by atoms with E-state index in [0.29, 0.717) is 0 Å². The van der Waals surface area contributed by atoms with E-state index in [1.165, 1.54) is 6.42 Å². The van der Waals surface area contributed by atoms with E-state index in [-0.39, 0.29) is 0 Å². The van der Waals surface area contributed by atoms with Gasteiger partial charge in [-0.3, -0.25) is 0 Å². The SMILES string of the molecule is C=CC1(S(=O)O)CCCCC1. The quantitative estimate of drug-likeness (QED) is 0.514. The molecule has 64 valence electrons. The van der Waals surface area contributed by atoms with E-state index in [4.69, 9.17) is 4.55 Å². The van der Waals surface area contributed by atoms with Gasteiger partial charge in [0, 0.05) is 0 Å². The van der Waals surface area contributed by atoms with Gasteiger partial charge in [0.05, 0.1) is 4.75 Å². The minimum atomic E-state index is -1.73. The van der Waals surface area contributed by atoms with Crippen LogP contribution in [0.5, 0.6) is 0 Å². The average Bonchev–Trinajstić information content (AvgIpc) is 2.05. The van der Waals surface area contributed by atoms with Gasteiger partial charge in [0.2, 0.25) is 0 Å². The second kappa shape index (κ2) is 3.50. The Morgan fingerprint density at radius 2 is 1.91 bits per heavy atom. The summed E-state index contributed by atoms with van der Waals surface area (Å²) in [5.74, 6) is 0. The van der Waals surface area contributed by atoms with Gasteiger partial charge in [-0.05, 0) is 12.8 Å². The zero-order valence-electron chi connectivity index (χ0n) is 6.58. The third-order valence-electron chi connectivity index (χ3n) is 2.42. The Hall–Kier alpha value is -0.150. The maximum absolute atomic E-state index is 10.9. The van der Waals surface area contributed by atoms with Gasteiger partial charge in [-0.2, -0.15) is 0 Å². The molecule has 0 aromatic heterocycles. The van der Waals surface area contributed by atoms with Crippen molar-refractivity contribution in [2.45, 2.75) is 36.9 Å². The van der Waals surface area contributed by atoms with Crippen LogP contribution in [-0.2, 0) is 11.1 Å². The first kappa shape index (κ1) is 8.94. The summed E-state index contributed by atoms with van der Waals surface area (Å²) in [6, 6.07) is 0. The molecule has 1 N–H and O–H groups in total. The van der Waals surface area contributed by atoms with Crippen molar-refractivity contribution in [3.63, 3.8) is 0 Å². The molecule has 0 aromatic carbocycles. The van der Waals surface area contributed by atoms with Gasteiger partial charge >= 0.3 is 0 Å². The van der Waals surface area contributed by atoms with Gasteiger partial charge in [-0.15, -0.1) is 6.58 Å². The van der Waals surface area contributed by atoms with Gasteiger partial charge in [-0.25, -0.2) is 4.21 Å². The number of hydrogen-bond donors (Lipinski definition) is 1. The van der Waals surface area contributed by atoms with Crippen LogP contribution in [0.1, 0.15) is 32.1 Å². The molecule has 2 nitrogen and oxygen atoms in total. The van der Waals surface area contributed by atoms with Crippen LogP contribution in [0.3, 0.4) is 0 Å². The maximum atomic E-state index is 10.9. The predicted octanol–water partition coefficient (Wildman–Crippen LogP) is 2.10. The van der Waals surface area contributed by atoms with E-state index < -0.39 is 15.8 Å². The Bertz CT molecular complexity index is 171. The second-order valence-electron chi connectivity index (χ2n) is 3.08. The van der Waals surface area contributed by atoms with E-state index in [1.54, 1.807) is 6.08 Å². The van der Waals surface area contributed by atoms with Crippen LogP contribution in [0, 0.1) is 0 Å². The highest BCUT2D eigenvalue weighted by molar-refractivity contribution is 7.81. The zero-order chi connectivity index (χ0) is 8.32. The van der Waals surface area contributed by atoms with E-state index >= 15 is 0 Å². The van der Waals surface area contributed by atoms with Crippen molar-refractivity contribution in [3.05, 3.63) is 12.7 Å². The fourth-order valence-corrected chi connectivity index (χ4v) is 2.38. The molecular weight excluding hydrogens is 160 g/mol. The molecule has 0 aromatic rings. The molecule has 1 atom stereocenters. The van der Waals surface area contributed by atoms with Crippen molar-refractivity contribution < 1.29 is 8.76 Å². The second-order valence-corrected chi connectivity index (χ2v) is 4.39. The van der Waals surface area contributed by atoms with Crippen LogP contribution < -0.4 is 0 Å². The molecule has 1 aliphatic rings. The monoisotopic (exact) mass is 174 g/mol. The lowest BCUT2D eigenvalue weighted by Gasteiger charge is -2.30. The molecule has 3 heteroatoms. The molecule has 1 rings (SSSR count). The number of rotatable bonds is 2. The topological polar surface area (TPSA) is 37.3 Å².